The fourth-order valence-electron chi connectivity index (χ4n) is 2.14. The normalized spacial score (nSPS) is 18.1. The summed E-state index contributed by atoms with van der Waals surface area (Å²) in [7, 11) is 0. The van der Waals surface area contributed by atoms with E-state index < -0.39 is 0 Å². The minimum atomic E-state index is 0. The first kappa shape index (κ1) is 14.0. The molecule has 1 heterocycles. The maximum atomic E-state index is 11.6. The van der Waals surface area contributed by atoms with Crippen LogP contribution < -0.4 is 11.1 Å². The lowest BCUT2D eigenvalue weighted by Crippen LogP contribution is -2.31. The molecule has 0 saturated carbocycles. The monoisotopic (exact) mass is 258 g/mol. The quantitative estimate of drug-likeness (QED) is 0.755. The third-order valence-electron chi connectivity index (χ3n) is 2.98. The number of carbonyl (C=O) groups is 1. The Morgan fingerprint density at radius 2 is 2.47 bits per heavy atom. The molecule has 0 aliphatic heterocycles. The van der Waals surface area contributed by atoms with Crippen LogP contribution in [0.2, 0.25) is 0 Å². The molecule has 1 atom stereocenters. The zero-order chi connectivity index (χ0) is 11.4. The van der Waals surface area contributed by atoms with E-state index in [1.165, 1.54) is 5.56 Å². The smallest absolute Gasteiger partial charge is 0.220 e. The van der Waals surface area contributed by atoms with Gasteiger partial charge >= 0.3 is 0 Å². The van der Waals surface area contributed by atoms with Gasteiger partial charge < -0.3 is 11.1 Å². The van der Waals surface area contributed by atoms with Crippen LogP contribution in [0.4, 0.5) is 0 Å². The van der Waals surface area contributed by atoms with Crippen molar-refractivity contribution in [3.63, 3.8) is 0 Å². The van der Waals surface area contributed by atoms with Gasteiger partial charge in [0.1, 0.15) is 0 Å². The molecule has 2 rings (SSSR count). The number of nitrogens with two attached hydrogens (primary N) is 1. The number of amides is 1. The third kappa shape index (κ3) is 3.44. The Balaban J connectivity index is 0.00000144. The number of fused-ring (bicyclic) bond motifs is 1. The molecular formula is C11H19ClN4O. The van der Waals surface area contributed by atoms with E-state index in [2.05, 4.69) is 15.5 Å². The summed E-state index contributed by atoms with van der Waals surface area (Å²) in [4.78, 5) is 11.6. The molecule has 4 N–H and O–H groups in total. The average molecular weight is 259 g/mol. The summed E-state index contributed by atoms with van der Waals surface area (Å²) in [6.45, 7) is 0.563. The highest BCUT2D eigenvalue weighted by atomic mass is 35.5. The number of nitrogens with one attached hydrogen (secondary N) is 2. The Kier molecular flexibility index (Phi) is 5.44. The van der Waals surface area contributed by atoms with Gasteiger partial charge in [-0.05, 0) is 37.8 Å². The number of halogens is 1. The van der Waals surface area contributed by atoms with Crippen LogP contribution in [0.1, 0.15) is 43.0 Å². The van der Waals surface area contributed by atoms with E-state index in [-0.39, 0.29) is 24.4 Å². The van der Waals surface area contributed by atoms with Crippen LogP contribution in [-0.4, -0.2) is 22.6 Å². The molecule has 1 aliphatic carbocycles. The molecule has 0 bridgehead atoms. The second kappa shape index (κ2) is 6.61. The Bertz CT molecular complexity index is 366. The van der Waals surface area contributed by atoms with Crippen LogP contribution in [-0.2, 0) is 11.2 Å². The maximum absolute atomic E-state index is 11.6. The van der Waals surface area contributed by atoms with Crippen molar-refractivity contribution in [1.82, 2.24) is 15.5 Å². The van der Waals surface area contributed by atoms with Crippen molar-refractivity contribution in [2.75, 3.05) is 6.54 Å². The second-order valence-corrected chi connectivity index (χ2v) is 4.21. The molecule has 1 aliphatic rings. The van der Waals surface area contributed by atoms with E-state index in [4.69, 9.17) is 5.73 Å². The topological polar surface area (TPSA) is 83.8 Å². The number of hydrogen-bond donors (Lipinski definition) is 3. The molecule has 17 heavy (non-hydrogen) atoms. The lowest BCUT2D eigenvalue weighted by Gasteiger charge is -2.22. The summed E-state index contributed by atoms with van der Waals surface area (Å²) < 4.78 is 0. The largest absolute Gasteiger partial charge is 0.348 e. The standard InChI is InChI=1S/C11H18N4O.ClH/c12-6-2-5-10(16)14-9-4-1-3-8-7-13-15-11(8)9;/h7,9H,1-6,12H2,(H,13,15)(H,14,16);1H. The molecule has 6 heteroatoms. The van der Waals surface area contributed by atoms with Crippen LogP contribution in [0.15, 0.2) is 6.20 Å². The number of aromatic amines is 1. The van der Waals surface area contributed by atoms with Crippen molar-refractivity contribution in [3.8, 4) is 0 Å². The van der Waals surface area contributed by atoms with Crippen LogP contribution in [0, 0.1) is 0 Å². The van der Waals surface area contributed by atoms with Gasteiger partial charge in [-0.25, -0.2) is 0 Å². The summed E-state index contributed by atoms with van der Waals surface area (Å²) in [5.74, 6) is 0.0814. The third-order valence-corrected chi connectivity index (χ3v) is 2.98. The SMILES string of the molecule is Cl.NCCCC(=O)NC1CCCc2cn[nH]c21. The van der Waals surface area contributed by atoms with E-state index >= 15 is 0 Å². The predicted molar refractivity (Wildman–Crippen MR) is 67.9 cm³/mol. The highest BCUT2D eigenvalue weighted by Gasteiger charge is 2.22. The zero-order valence-electron chi connectivity index (χ0n) is 9.74. The zero-order valence-corrected chi connectivity index (χ0v) is 10.6. The van der Waals surface area contributed by atoms with Crippen molar-refractivity contribution in [3.05, 3.63) is 17.5 Å². The molecule has 1 amide bonds. The van der Waals surface area contributed by atoms with Gasteiger partial charge in [0.2, 0.25) is 5.91 Å². The van der Waals surface area contributed by atoms with Crippen molar-refractivity contribution >= 4 is 18.3 Å². The molecule has 0 radical (unpaired) electrons. The Hall–Kier alpha value is -1.07. The Morgan fingerprint density at radius 3 is 3.24 bits per heavy atom. The van der Waals surface area contributed by atoms with Crippen molar-refractivity contribution in [2.45, 2.75) is 38.1 Å². The van der Waals surface area contributed by atoms with Gasteiger partial charge in [-0.15, -0.1) is 12.4 Å². The molecular weight excluding hydrogens is 240 g/mol. The molecule has 0 aromatic carbocycles. The molecule has 5 nitrogen and oxygen atoms in total. The van der Waals surface area contributed by atoms with Gasteiger partial charge in [0.15, 0.2) is 0 Å². The van der Waals surface area contributed by atoms with Crippen LogP contribution >= 0.6 is 12.4 Å². The van der Waals surface area contributed by atoms with Gasteiger partial charge in [0, 0.05) is 6.42 Å². The highest BCUT2D eigenvalue weighted by Crippen LogP contribution is 2.27. The first-order valence-electron chi connectivity index (χ1n) is 5.83. The van der Waals surface area contributed by atoms with Gasteiger partial charge in [-0.2, -0.15) is 5.10 Å². The number of carbonyl (C=O) groups excluding carboxylic acids is 1. The number of aromatic nitrogens is 2. The molecule has 1 aromatic heterocycles. The van der Waals surface area contributed by atoms with E-state index in [9.17, 15) is 4.79 Å². The fourth-order valence-corrected chi connectivity index (χ4v) is 2.14. The van der Waals surface area contributed by atoms with Crippen molar-refractivity contribution in [2.24, 2.45) is 5.73 Å². The summed E-state index contributed by atoms with van der Waals surface area (Å²) >= 11 is 0. The van der Waals surface area contributed by atoms with E-state index in [0.29, 0.717) is 13.0 Å². The van der Waals surface area contributed by atoms with Gasteiger partial charge in [0.05, 0.1) is 17.9 Å². The minimum Gasteiger partial charge on any atom is -0.348 e. The second-order valence-electron chi connectivity index (χ2n) is 4.21. The van der Waals surface area contributed by atoms with Crippen molar-refractivity contribution < 1.29 is 4.79 Å². The molecule has 1 unspecified atom stereocenters. The number of nitrogens with zero attached hydrogens (tertiary/aromatic N) is 1. The minimum absolute atomic E-state index is 0. The molecule has 0 saturated heterocycles. The van der Waals surface area contributed by atoms with Gasteiger partial charge in [-0.3, -0.25) is 9.89 Å². The Labute approximate surface area is 107 Å². The summed E-state index contributed by atoms with van der Waals surface area (Å²) in [5.41, 5.74) is 7.68. The first-order valence-corrected chi connectivity index (χ1v) is 5.83. The molecule has 1 aromatic rings. The number of rotatable bonds is 4. The summed E-state index contributed by atoms with van der Waals surface area (Å²) in [6, 6.07) is 0.108. The molecule has 96 valence electrons. The maximum Gasteiger partial charge on any atom is 0.220 e. The molecule has 0 spiro atoms. The Morgan fingerprint density at radius 1 is 1.65 bits per heavy atom. The lowest BCUT2D eigenvalue weighted by molar-refractivity contribution is -0.122. The van der Waals surface area contributed by atoms with Gasteiger partial charge in [-0.1, -0.05) is 0 Å². The first-order chi connectivity index (χ1) is 7.81. The predicted octanol–water partition coefficient (Wildman–Crippen LogP) is 1.06. The summed E-state index contributed by atoms with van der Waals surface area (Å²) in [6.07, 6.45) is 6.26. The van der Waals surface area contributed by atoms with Crippen LogP contribution in [0.3, 0.4) is 0 Å². The fraction of sp³-hybridized carbons (Fsp3) is 0.636. The highest BCUT2D eigenvalue weighted by molar-refractivity contribution is 5.85. The molecule has 0 fully saturated rings. The number of hydrogen-bond acceptors (Lipinski definition) is 3. The number of H-pyrrole nitrogens is 1. The number of aryl methyl sites for hydroxylation is 1. The van der Waals surface area contributed by atoms with Crippen LogP contribution in [0.5, 0.6) is 0 Å². The average Bonchev–Trinajstić information content (AvgIpc) is 2.75. The van der Waals surface area contributed by atoms with E-state index in [1.54, 1.807) is 0 Å². The van der Waals surface area contributed by atoms with E-state index in [0.717, 1.165) is 31.4 Å². The van der Waals surface area contributed by atoms with Crippen LogP contribution in [0.25, 0.3) is 0 Å². The van der Waals surface area contributed by atoms with Gasteiger partial charge in [0.25, 0.3) is 0 Å². The summed E-state index contributed by atoms with van der Waals surface area (Å²) in [5, 5.41) is 10.0. The van der Waals surface area contributed by atoms with E-state index in [1.807, 2.05) is 6.20 Å². The van der Waals surface area contributed by atoms with Crippen molar-refractivity contribution in [1.29, 1.82) is 0 Å². The lowest BCUT2D eigenvalue weighted by atomic mass is 9.93.